The van der Waals surface area contributed by atoms with Gasteiger partial charge in [-0.05, 0) is 12.1 Å². The average Bonchev–Trinajstić information content (AvgIpc) is 3.01. The van der Waals surface area contributed by atoms with Crippen LogP contribution in [0.1, 0.15) is 0 Å². The molecule has 4 aromatic rings. The van der Waals surface area contributed by atoms with Gasteiger partial charge in [0, 0.05) is 11.1 Å². The van der Waals surface area contributed by atoms with E-state index in [1.807, 2.05) is 91.0 Å². The molecular weight excluding hydrogens is 298 g/mol. The van der Waals surface area contributed by atoms with Crippen LogP contribution in [0.15, 0.2) is 100 Å². The summed E-state index contributed by atoms with van der Waals surface area (Å²) in [6, 6.07) is 29.1. The van der Waals surface area contributed by atoms with Crippen molar-refractivity contribution in [3.05, 3.63) is 102 Å². The quantitative estimate of drug-likeness (QED) is 0.546. The van der Waals surface area contributed by atoms with Crippen LogP contribution in [0.4, 0.5) is 0 Å². The third-order valence-electron chi connectivity index (χ3n) is 3.91. The minimum atomic E-state index is -0.390. The Labute approximate surface area is 139 Å². The number of oxazole rings is 1. The third kappa shape index (κ3) is 2.46. The maximum absolute atomic E-state index is 12.6. The Kier molecular flexibility index (Phi) is 3.60. The molecule has 0 radical (unpaired) electrons. The lowest BCUT2D eigenvalue weighted by molar-refractivity contribution is 0.516. The molecule has 4 rings (SSSR count). The SMILES string of the molecule is O=c1oc(-c2ccccc2)c(-c2ccccc2)n1-c1ccccc1. The van der Waals surface area contributed by atoms with Gasteiger partial charge in [0.25, 0.3) is 0 Å². The Balaban J connectivity index is 2.05. The van der Waals surface area contributed by atoms with E-state index in [0.29, 0.717) is 5.76 Å². The van der Waals surface area contributed by atoms with Crippen molar-refractivity contribution in [3.8, 4) is 28.3 Å². The van der Waals surface area contributed by atoms with Crippen molar-refractivity contribution < 1.29 is 4.42 Å². The fourth-order valence-corrected chi connectivity index (χ4v) is 2.83. The van der Waals surface area contributed by atoms with Crippen molar-refractivity contribution in [1.29, 1.82) is 0 Å². The Morgan fingerprint density at radius 3 is 1.71 bits per heavy atom. The van der Waals surface area contributed by atoms with E-state index < -0.39 is 0 Å². The van der Waals surface area contributed by atoms with Crippen molar-refractivity contribution in [2.45, 2.75) is 0 Å². The molecule has 0 aliphatic heterocycles. The summed E-state index contributed by atoms with van der Waals surface area (Å²) in [4.78, 5) is 12.6. The van der Waals surface area contributed by atoms with Crippen molar-refractivity contribution in [1.82, 2.24) is 4.57 Å². The van der Waals surface area contributed by atoms with Gasteiger partial charge in [0.15, 0.2) is 5.76 Å². The highest BCUT2D eigenvalue weighted by molar-refractivity contribution is 5.78. The molecule has 3 aromatic carbocycles. The first-order valence-corrected chi connectivity index (χ1v) is 7.77. The van der Waals surface area contributed by atoms with E-state index in [1.165, 1.54) is 0 Å². The lowest BCUT2D eigenvalue weighted by Crippen LogP contribution is -2.12. The summed E-state index contributed by atoms with van der Waals surface area (Å²) in [5.74, 6) is 0.189. The van der Waals surface area contributed by atoms with E-state index >= 15 is 0 Å². The van der Waals surface area contributed by atoms with Crippen LogP contribution in [0.2, 0.25) is 0 Å². The molecule has 1 aromatic heterocycles. The van der Waals surface area contributed by atoms with E-state index in [1.54, 1.807) is 4.57 Å². The number of aromatic nitrogens is 1. The van der Waals surface area contributed by atoms with Gasteiger partial charge >= 0.3 is 5.76 Å². The first-order valence-electron chi connectivity index (χ1n) is 7.77. The monoisotopic (exact) mass is 313 g/mol. The summed E-state index contributed by atoms with van der Waals surface area (Å²) in [5, 5.41) is 0. The molecule has 116 valence electrons. The molecule has 0 aliphatic rings. The highest BCUT2D eigenvalue weighted by Crippen LogP contribution is 2.33. The first kappa shape index (κ1) is 14.3. The average molecular weight is 313 g/mol. The molecule has 24 heavy (non-hydrogen) atoms. The molecule has 3 nitrogen and oxygen atoms in total. The maximum Gasteiger partial charge on any atom is 0.424 e. The van der Waals surface area contributed by atoms with Crippen LogP contribution in [-0.4, -0.2) is 4.57 Å². The fraction of sp³-hybridized carbons (Fsp3) is 0. The largest absolute Gasteiger partial charge is 0.424 e. The van der Waals surface area contributed by atoms with Gasteiger partial charge in [0.05, 0.1) is 5.69 Å². The van der Waals surface area contributed by atoms with E-state index in [9.17, 15) is 4.79 Å². The number of hydrogen-bond donors (Lipinski definition) is 0. The minimum absolute atomic E-state index is 0.390. The molecule has 0 aliphatic carbocycles. The predicted octanol–water partition coefficient (Wildman–Crippen LogP) is 4.76. The van der Waals surface area contributed by atoms with Crippen LogP contribution in [0, 0.1) is 0 Å². The second-order valence-electron chi connectivity index (χ2n) is 5.45. The summed E-state index contributed by atoms with van der Waals surface area (Å²) in [5.41, 5.74) is 3.36. The number of hydrogen-bond acceptors (Lipinski definition) is 2. The number of benzene rings is 3. The van der Waals surface area contributed by atoms with Crippen molar-refractivity contribution in [2.75, 3.05) is 0 Å². The molecule has 0 N–H and O–H groups in total. The van der Waals surface area contributed by atoms with Gasteiger partial charge in [-0.25, -0.2) is 9.36 Å². The molecule has 0 spiro atoms. The molecule has 0 saturated heterocycles. The normalized spacial score (nSPS) is 10.7. The number of nitrogens with zero attached hydrogens (tertiary/aromatic N) is 1. The zero-order valence-corrected chi connectivity index (χ0v) is 12.9. The van der Waals surface area contributed by atoms with Crippen molar-refractivity contribution >= 4 is 0 Å². The van der Waals surface area contributed by atoms with Crippen LogP contribution in [0.25, 0.3) is 28.3 Å². The molecule has 0 amide bonds. The Hall–Kier alpha value is -3.33. The van der Waals surface area contributed by atoms with Crippen molar-refractivity contribution in [2.24, 2.45) is 0 Å². The number of rotatable bonds is 3. The summed E-state index contributed by atoms with van der Waals surface area (Å²) < 4.78 is 7.27. The Morgan fingerprint density at radius 1 is 0.625 bits per heavy atom. The van der Waals surface area contributed by atoms with Crippen LogP contribution in [0.3, 0.4) is 0 Å². The summed E-state index contributed by atoms with van der Waals surface area (Å²) >= 11 is 0. The van der Waals surface area contributed by atoms with Gasteiger partial charge in [-0.3, -0.25) is 0 Å². The number of para-hydroxylation sites is 1. The van der Waals surface area contributed by atoms with Gasteiger partial charge in [-0.1, -0.05) is 78.9 Å². The highest BCUT2D eigenvalue weighted by Gasteiger charge is 2.20. The van der Waals surface area contributed by atoms with E-state index in [0.717, 1.165) is 22.5 Å². The fourth-order valence-electron chi connectivity index (χ4n) is 2.83. The Morgan fingerprint density at radius 2 is 1.12 bits per heavy atom. The molecule has 0 saturated carbocycles. The summed E-state index contributed by atoms with van der Waals surface area (Å²) in [6.07, 6.45) is 0. The molecule has 1 heterocycles. The van der Waals surface area contributed by atoms with Gasteiger partial charge in [-0.2, -0.15) is 0 Å². The van der Waals surface area contributed by atoms with Gasteiger partial charge in [-0.15, -0.1) is 0 Å². The lowest BCUT2D eigenvalue weighted by Gasteiger charge is -2.08. The second-order valence-corrected chi connectivity index (χ2v) is 5.45. The van der Waals surface area contributed by atoms with Gasteiger partial charge in [0.1, 0.15) is 5.69 Å². The molecule has 0 fully saturated rings. The van der Waals surface area contributed by atoms with Crippen LogP contribution in [0.5, 0.6) is 0 Å². The smallest absolute Gasteiger partial charge is 0.407 e. The van der Waals surface area contributed by atoms with Crippen LogP contribution >= 0.6 is 0 Å². The lowest BCUT2D eigenvalue weighted by atomic mass is 10.1. The molecule has 0 bridgehead atoms. The zero-order valence-electron chi connectivity index (χ0n) is 12.9. The van der Waals surface area contributed by atoms with Crippen LogP contribution in [-0.2, 0) is 0 Å². The Bertz CT molecular complexity index is 1000. The molecule has 0 atom stereocenters. The second kappa shape index (κ2) is 6.05. The van der Waals surface area contributed by atoms with Gasteiger partial charge < -0.3 is 4.42 Å². The third-order valence-corrected chi connectivity index (χ3v) is 3.91. The molecular formula is C21H15NO2. The summed E-state index contributed by atoms with van der Waals surface area (Å²) in [7, 11) is 0. The summed E-state index contributed by atoms with van der Waals surface area (Å²) in [6.45, 7) is 0. The van der Waals surface area contributed by atoms with E-state index in [4.69, 9.17) is 4.42 Å². The van der Waals surface area contributed by atoms with Gasteiger partial charge in [0.2, 0.25) is 0 Å². The van der Waals surface area contributed by atoms with E-state index in [2.05, 4.69) is 0 Å². The molecule has 0 unspecified atom stereocenters. The first-order chi connectivity index (χ1) is 11.8. The zero-order chi connectivity index (χ0) is 16.4. The standard InChI is InChI=1S/C21H15NO2/c23-21-22(18-14-8-3-9-15-18)19(16-10-4-1-5-11-16)20(24-21)17-12-6-2-7-13-17/h1-15H. The minimum Gasteiger partial charge on any atom is -0.407 e. The van der Waals surface area contributed by atoms with Crippen molar-refractivity contribution in [3.63, 3.8) is 0 Å². The predicted molar refractivity (Wildman–Crippen MR) is 95.2 cm³/mol. The maximum atomic E-state index is 12.6. The molecule has 3 heteroatoms. The van der Waals surface area contributed by atoms with Crippen LogP contribution < -0.4 is 5.76 Å². The topological polar surface area (TPSA) is 35.1 Å². The highest BCUT2D eigenvalue weighted by atomic mass is 16.4. The van der Waals surface area contributed by atoms with E-state index in [-0.39, 0.29) is 5.76 Å².